The van der Waals surface area contributed by atoms with E-state index < -0.39 is 0 Å². The molecule has 1 atom stereocenters. The summed E-state index contributed by atoms with van der Waals surface area (Å²) in [5, 5.41) is 3.68. The third-order valence-electron chi connectivity index (χ3n) is 4.61. The van der Waals surface area contributed by atoms with Gasteiger partial charge in [0.1, 0.15) is 0 Å². The molecule has 2 heteroatoms. The second-order valence-electron chi connectivity index (χ2n) is 6.69. The summed E-state index contributed by atoms with van der Waals surface area (Å²) in [6, 6.07) is 9.56. The molecular formula is C19H31NO. The summed E-state index contributed by atoms with van der Waals surface area (Å²) >= 11 is 0. The highest BCUT2D eigenvalue weighted by Gasteiger charge is 2.35. The maximum Gasteiger partial charge on any atom is 0.0475 e. The van der Waals surface area contributed by atoms with Crippen LogP contribution in [0.15, 0.2) is 24.3 Å². The van der Waals surface area contributed by atoms with Crippen molar-refractivity contribution in [3.05, 3.63) is 35.4 Å². The minimum Gasteiger partial charge on any atom is -0.381 e. The smallest absolute Gasteiger partial charge is 0.0475 e. The van der Waals surface area contributed by atoms with Crippen LogP contribution < -0.4 is 5.32 Å². The second kappa shape index (κ2) is 7.95. The minimum atomic E-state index is 0.257. The van der Waals surface area contributed by atoms with Crippen LogP contribution in [0, 0.1) is 0 Å². The van der Waals surface area contributed by atoms with E-state index in [4.69, 9.17) is 4.74 Å². The maximum atomic E-state index is 5.80. The van der Waals surface area contributed by atoms with Gasteiger partial charge in [-0.1, -0.05) is 45.0 Å². The molecule has 0 aromatic heterocycles. The van der Waals surface area contributed by atoms with Crippen LogP contribution in [0.3, 0.4) is 0 Å². The molecule has 0 fully saturated rings. The van der Waals surface area contributed by atoms with Crippen molar-refractivity contribution in [2.45, 2.75) is 64.3 Å². The predicted octanol–water partition coefficient (Wildman–Crippen LogP) is 4.08. The number of aryl methyl sites for hydroxylation is 1. The monoisotopic (exact) mass is 289 g/mol. The fraction of sp³-hybridized carbons (Fsp3) is 0.684. The minimum absolute atomic E-state index is 0.257. The molecule has 1 unspecified atom stereocenters. The number of benzene rings is 1. The fourth-order valence-corrected chi connectivity index (χ4v) is 3.45. The highest BCUT2D eigenvalue weighted by molar-refractivity contribution is 5.37. The summed E-state index contributed by atoms with van der Waals surface area (Å²) in [6.07, 6.45) is 6.04. The van der Waals surface area contributed by atoms with E-state index >= 15 is 0 Å². The van der Waals surface area contributed by atoms with Crippen LogP contribution in [0.1, 0.15) is 57.6 Å². The molecule has 0 heterocycles. The summed E-state index contributed by atoms with van der Waals surface area (Å²) in [4.78, 5) is 0. The molecule has 118 valence electrons. The molecule has 0 amide bonds. The van der Waals surface area contributed by atoms with Gasteiger partial charge >= 0.3 is 0 Å². The lowest BCUT2D eigenvalue weighted by atomic mass is 9.68. The highest BCUT2D eigenvalue weighted by Crippen LogP contribution is 2.39. The van der Waals surface area contributed by atoms with Crippen LogP contribution in [-0.4, -0.2) is 25.8 Å². The van der Waals surface area contributed by atoms with E-state index in [0.29, 0.717) is 6.04 Å². The molecule has 0 bridgehead atoms. The van der Waals surface area contributed by atoms with E-state index in [0.717, 1.165) is 32.6 Å². The van der Waals surface area contributed by atoms with E-state index in [1.54, 1.807) is 11.1 Å². The van der Waals surface area contributed by atoms with Crippen molar-refractivity contribution in [3.8, 4) is 0 Å². The standard InChI is InChI=1S/C19H31NO/c1-4-13-21-14-12-19(15-20-16(2)3)11-7-9-17-8-5-6-10-18(17)19/h5-6,8,10,16,20H,4,7,9,11-15H2,1-3H3. The van der Waals surface area contributed by atoms with Crippen LogP contribution in [-0.2, 0) is 16.6 Å². The Kier molecular flexibility index (Phi) is 6.25. The number of ether oxygens (including phenoxy) is 1. The molecule has 1 aromatic carbocycles. The van der Waals surface area contributed by atoms with Crippen LogP contribution in [0.25, 0.3) is 0 Å². The lowest BCUT2D eigenvalue weighted by molar-refractivity contribution is 0.108. The average molecular weight is 289 g/mol. The molecule has 0 saturated heterocycles. The summed E-state index contributed by atoms with van der Waals surface area (Å²) in [7, 11) is 0. The first-order chi connectivity index (χ1) is 10.2. The van der Waals surface area contributed by atoms with Crippen molar-refractivity contribution in [1.82, 2.24) is 5.32 Å². The molecule has 1 aliphatic carbocycles. The van der Waals surface area contributed by atoms with Crippen LogP contribution in [0.4, 0.5) is 0 Å². The average Bonchev–Trinajstić information content (AvgIpc) is 2.50. The number of fused-ring (bicyclic) bond motifs is 1. The van der Waals surface area contributed by atoms with E-state index in [2.05, 4.69) is 50.4 Å². The van der Waals surface area contributed by atoms with Gasteiger partial charge in [-0.3, -0.25) is 0 Å². The normalized spacial score (nSPS) is 21.5. The summed E-state index contributed by atoms with van der Waals surface area (Å²) in [5.41, 5.74) is 3.36. The Hall–Kier alpha value is -0.860. The first kappa shape index (κ1) is 16.5. The molecule has 1 aliphatic rings. The molecule has 0 saturated carbocycles. The van der Waals surface area contributed by atoms with Crippen molar-refractivity contribution >= 4 is 0 Å². The first-order valence-corrected chi connectivity index (χ1v) is 8.57. The topological polar surface area (TPSA) is 21.3 Å². The molecule has 0 radical (unpaired) electrons. The van der Waals surface area contributed by atoms with Gasteiger partial charge in [0.15, 0.2) is 0 Å². The highest BCUT2D eigenvalue weighted by atomic mass is 16.5. The largest absolute Gasteiger partial charge is 0.381 e. The van der Waals surface area contributed by atoms with Crippen molar-refractivity contribution < 1.29 is 4.74 Å². The summed E-state index contributed by atoms with van der Waals surface area (Å²) < 4.78 is 5.80. The number of hydrogen-bond acceptors (Lipinski definition) is 2. The number of nitrogens with one attached hydrogen (secondary N) is 1. The van der Waals surface area contributed by atoms with Gasteiger partial charge in [0, 0.05) is 31.2 Å². The molecule has 1 aromatic rings. The van der Waals surface area contributed by atoms with Gasteiger partial charge in [-0.2, -0.15) is 0 Å². The Morgan fingerprint density at radius 3 is 2.81 bits per heavy atom. The molecular weight excluding hydrogens is 258 g/mol. The first-order valence-electron chi connectivity index (χ1n) is 8.57. The Morgan fingerprint density at radius 2 is 2.05 bits per heavy atom. The Balaban J connectivity index is 2.15. The lowest BCUT2D eigenvalue weighted by Crippen LogP contribution is -2.44. The van der Waals surface area contributed by atoms with E-state index in [1.165, 1.54) is 19.3 Å². The van der Waals surface area contributed by atoms with Crippen molar-refractivity contribution in [1.29, 1.82) is 0 Å². The van der Waals surface area contributed by atoms with Crippen LogP contribution in [0.2, 0.25) is 0 Å². The van der Waals surface area contributed by atoms with Gasteiger partial charge < -0.3 is 10.1 Å². The van der Waals surface area contributed by atoms with Crippen molar-refractivity contribution in [2.75, 3.05) is 19.8 Å². The van der Waals surface area contributed by atoms with Gasteiger partial charge in [0.25, 0.3) is 0 Å². The third kappa shape index (κ3) is 4.31. The zero-order valence-electron chi connectivity index (χ0n) is 14.0. The molecule has 0 aliphatic heterocycles. The number of rotatable bonds is 8. The molecule has 2 rings (SSSR count). The van der Waals surface area contributed by atoms with Gasteiger partial charge in [-0.05, 0) is 43.2 Å². The lowest BCUT2D eigenvalue weighted by Gasteiger charge is -2.40. The maximum absolute atomic E-state index is 5.80. The van der Waals surface area contributed by atoms with Crippen LogP contribution >= 0.6 is 0 Å². The Bertz CT molecular complexity index is 429. The van der Waals surface area contributed by atoms with Crippen LogP contribution in [0.5, 0.6) is 0 Å². The SMILES string of the molecule is CCCOCCC1(CNC(C)C)CCCc2ccccc21. The van der Waals surface area contributed by atoms with Crippen molar-refractivity contribution in [3.63, 3.8) is 0 Å². The Labute approximate surface area is 130 Å². The Morgan fingerprint density at radius 1 is 1.24 bits per heavy atom. The van der Waals surface area contributed by atoms with Gasteiger partial charge in [-0.25, -0.2) is 0 Å². The van der Waals surface area contributed by atoms with Gasteiger partial charge in [0.05, 0.1) is 0 Å². The van der Waals surface area contributed by atoms with E-state index in [1.807, 2.05) is 0 Å². The molecule has 2 nitrogen and oxygen atoms in total. The van der Waals surface area contributed by atoms with E-state index in [-0.39, 0.29) is 5.41 Å². The molecule has 1 N–H and O–H groups in total. The zero-order chi connectivity index (χ0) is 15.1. The third-order valence-corrected chi connectivity index (χ3v) is 4.61. The quantitative estimate of drug-likeness (QED) is 0.728. The van der Waals surface area contributed by atoms with Gasteiger partial charge in [-0.15, -0.1) is 0 Å². The fourth-order valence-electron chi connectivity index (χ4n) is 3.45. The molecule has 21 heavy (non-hydrogen) atoms. The summed E-state index contributed by atoms with van der Waals surface area (Å²) in [6.45, 7) is 9.46. The van der Waals surface area contributed by atoms with Gasteiger partial charge in [0.2, 0.25) is 0 Å². The summed E-state index contributed by atoms with van der Waals surface area (Å²) in [5.74, 6) is 0. The number of hydrogen-bond donors (Lipinski definition) is 1. The zero-order valence-corrected chi connectivity index (χ0v) is 14.0. The molecule has 0 spiro atoms. The second-order valence-corrected chi connectivity index (χ2v) is 6.69. The van der Waals surface area contributed by atoms with Crippen molar-refractivity contribution in [2.24, 2.45) is 0 Å². The van der Waals surface area contributed by atoms with E-state index in [9.17, 15) is 0 Å². The predicted molar refractivity (Wildman–Crippen MR) is 89.9 cm³/mol.